The number of nitrogens with zero attached hydrogens (tertiary/aromatic N) is 1. The van der Waals surface area contributed by atoms with Crippen LogP contribution in [0.1, 0.15) is 52.9 Å². The summed E-state index contributed by atoms with van der Waals surface area (Å²) in [5, 5.41) is 3.17. The summed E-state index contributed by atoms with van der Waals surface area (Å²) in [6.45, 7) is 6.68. The Labute approximate surface area is 156 Å². The van der Waals surface area contributed by atoms with E-state index in [1.807, 2.05) is 38.1 Å². The summed E-state index contributed by atoms with van der Waals surface area (Å²) in [5.41, 5.74) is 0.827. The van der Waals surface area contributed by atoms with Crippen LogP contribution in [0.3, 0.4) is 0 Å². The van der Waals surface area contributed by atoms with Crippen molar-refractivity contribution >= 4 is 17.5 Å². The molecule has 2 fully saturated rings. The van der Waals surface area contributed by atoms with Crippen LogP contribution < -0.4 is 15.0 Å². The number of rotatable bonds is 5. The highest BCUT2D eigenvalue weighted by Crippen LogP contribution is 2.28. The molecule has 0 unspecified atom stereocenters. The van der Waals surface area contributed by atoms with Gasteiger partial charge < -0.3 is 15.0 Å². The number of amides is 2. The molecule has 0 radical (unpaired) electrons. The zero-order valence-corrected chi connectivity index (χ0v) is 16.0. The van der Waals surface area contributed by atoms with E-state index in [0.717, 1.165) is 30.2 Å². The summed E-state index contributed by atoms with van der Waals surface area (Å²) in [7, 11) is 0. The molecule has 1 aliphatic heterocycles. The van der Waals surface area contributed by atoms with Gasteiger partial charge in [0.25, 0.3) is 0 Å². The predicted octanol–water partition coefficient (Wildman–Crippen LogP) is 3.52. The SMILES string of the molecule is CC1CCC(NC(=O)[C@@H]2CC(=O)N(c3ccc(OC(C)C)cc3)C2)CC1. The van der Waals surface area contributed by atoms with E-state index in [1.54, 1.807) is 4.90 Å². The minimum atomic E-state index is -0.256. The molecule has 2 aliphatic rings. The fourth-order valence-electron chi connectivity index (χ4n) is 3.83. The number of benzene rings is 1. The second kappa shape index (κ2) is 8.11. The molecule has 1 heterocycles. The first-order valence-electron chi connectivity index (χ1n) is 9.80. The van der Waals surface area contributed by atoms with E-state index in [2.05, 4.69) is 12.2 Å². The molecule has 0 bridgehead atoms. The number of ether oxygens (including phenoxy) is 1. The Balaban J connectivity index is 1.57. The van der Waals surface area contributed by atoms with Gasteiger partial charge in [-0.15, -0.1) is 0 Å². The van der Waals surface area contributed by atoms with Crippen molar-refractivity contribution < 1.29 is 14.3 Å². The van der Waals surface area contributed by atoms with E-state index in [1.165, 1.54) is 12.8 Å². The number of carbonyl (C=O) groups is 2. The second-order valence-corrected chi connectivity index (χ2v) is 8.03. The lowest BCUT2D eigenvalue weighted by Crippen LogP contribution is -2.41. The number of carbonyl (C=O) groups excluding carboxylic acids is 2. The maximum absolute atomic E-state index is 12.6. The number of anilines is 1. The normalized spacial score (nSPS) is 26.2. The van der Waals surface area contributed by atoms with Crippen LogP contribution >= 0.6 is 0 Å². The van der Waals surface area contributed by atoms with Gasteiger partial charge in [-0.2, -0.15) is 0 Å². The molecule has 1 aliphatic carbocycles. The van der Waals surface area contributed by atoms with Gasteiger partial charge in [0.15, 0.2) is 0 Å². The minimum Gasteiger partial charge on any atom is -0.491 e. The van der Waals surface area contributed by atoms with E-state index in [4.69, 9.17) is 4.74 Å². The van der Waals surface area contributed by atoms with Crippen molar-refractivity contribution in [3.05, 3.63) is 24.3 Å². The molecule has 1 N–H and O–H groups in total. The first-order chi connectivity index (χ1) is 12.4. The molecule has 1 saturated carbocycles. The highest BCUT2D eigenvalue weighted by molar-refractivity contribution is 6.00. The quantitative estimate of drug-likeness (QED) is 0.876. The Hall–Kier alpha value is -2.04. The summed E-state index contributed by atoms with van der Waals surface area (Å²) >= 11 is 0. The Bertz CT molecular complexity index is 633. The lowest BCUT2D eigenvalue weighted by molar-refractivity contribution is -0.127. The number of nitrogens with one attached hydrogen (secondary N) is 1. The van der Waals surface area contributed by atoms with Crippen LogP contribution in [-0.2, 0) is 9.59 Å². The molecule has 1 aromatic carbocycles. The molecule has 2 amide bonds. The van der Waals surface area contributed by atoms with Gasteiger partial charge in [-0.3, -0.25) is 9.59 Å². The summed E-state index contributed by atoms with van der Waals surface area (Å²) in [6, 6.07) is 7.80. The molecule has 3 rings (SSSR count). The largest absolute Gasteiger partial charge is 0.491 e. The van der Waals surface area contributed by atoms with Crippen LogP contribution in [0, 0.1) is 11.8 Å². The maximum atomic E-state index is 12.6. The van der Waals surface area contributed by atoms with Gasteiger partial charge in [0.2, 0.25) is 11.8 Å². The molecule has 142 valence electrons. The molecule has 0 spiro atoms. The van der Waals surface area contributed by atoms with Crippen molar-refractivity contribution in [2.45, 2.75) is 65.0 Å². The smallest absolute Gasteiger partial charge is 0.227 e. The zero-order valence-electron chi connectivity index (χ0n) is 16.0. The average Bonchev–Trinajstić information content (AvgIpc) is 2.99. The highest BCUT2D eigenvalue weighted by Gasteiger charge is 2.36. The van der Waals surface area contributed by atoms with Gasteiger partial charge in [0.1, 0.15) is 5.75 Å². The molecular formula is C21H30N2O3. The number of hydrogen-bond donors (Lipinski definition) is 1. The van der Waals surface area contributed by atoms with Crippen molar-refractivity contribution in [3.63, 3.8) is 0 Å². The second-order valence-electron chi connectivity index (χ2n) is 8.03. The maximum Gasteiger partial charge on any atom is 0.227 e. The third-order valence-electron chi connectivity index (χ3n) is 5.38. The highest BCUT2D eigenvalue weighted by atomic mass is 16.5. The van der Waals surface area contributed by atoms with Crippen molar-refractivity contribution in [3.8, 4) is 5.75 Å². The van der Waals surface area contributed by atoms with Crippen molar-refractivity contribution in [2.75, 3.05) is 11.4 Å². The topological polar surface area (TPSA) is 58.6 Å². The van der Waals surface area contributed by atoms with E-state index in [9.17, 15) is 9.59 Å². The first kappa shape index (κ1) is 18.7. The summed E-state index contributed by atoms with van der Waals surface area (Å²) in [6.07, 6.45) is 4.85. The molecular weight excluding hydrogens is 328 g/mol. The van der Waals surface area contributed by atoms with Gasteiger partial charge in [0.05, 0.1) is 12.0 Å². The Kier molecular flexibility index (Phi) is 5.84. The van der Waals surface area contributed by atoms with E-state index in [0.29, 0.717) is 13.0 Å². The fourth-order valence-corrected chi connectivity index (χ4v) is 3.83. The molecule has 5 nitrogen and oxygen atoms in total. The monoisotopic (exact) mass is 358 g/mol. The lowest BCUT2D eigenvalue weighted by atomic mass is 9.87. The van der Waals surface area contributed by atoms with Crippen LogP contribution in [0.5, 0.6) is 5.75 Å². The summed E-state index contributed by atoms with van der Waals surface area (Å²) < 4.78 is 5.64. The molecule has 1 aromatic rings. The van der Waals surface area contributed by atoms with Gasteiger partial charge >= 0.3 is 0 Å². The molecule has 1 atom stereocenters. The van der Waals surface area contributed by atoms with Gasteiger partial charge in [-0.05, 0) is 69.7 Å². The van der Waals surface area contributed by atoms with Crippen LogP contribution in [0.2, 0.25) is 0 Å². The van der Waals surface area contributed by atoms with Crippen LogP contribution in [0.25, 0.3) is 0 Å². The van der Waals surface area contributed by atoms with E-state index in [-0.39, 0.29) is 29.9 Å². The summed E-state index contributed by atoms with van der Waals surface area (Å²) in [5.74, 6) is 1.33. The van der Waals surface area contributed by atoms with Crippen LogP contribution in [0.15, 0.2) is 24.3 Å². The standard InChI is InChI=1S/C21H30N2O3/c1-14(2)26-19-10-8-18(9-11-19)23-13-16(12-20(23)24)21(25)22-17-6-4-15(3)5-7-17/h8-11,14-17H,4-7,12-13H2,1-3H3,(H,22,25)/t15?,16-,17?/m1/s1. The zero-order chi connectivity index (χ0) is 18.7. The van der Waals surface area contributed by atoms with Gasteiger partial charge in [-0.1, -0.05) is 6.92 Å². The number of hydrogen-bond acceptors (Lipinski definition) is 3. The molecule has 26 heavy (non-hydrogen) atoms. The Morgan fingerprint density at radius 1 is 1.15 bits per heavy atom. The Morgan fingerprint density at radius 3 is 2.42 bits per heavy atom. The molecule has 1 saturated heterocycles. The van der Waals surface area contributed by atoms with Gasteiger partial charge in [-0.25, -0.2) is 0 Å². The fraction of sp³-hybridized carbons (Fsp3) is 0.619. The molecule has 5 heteroatoms. The lowest BCUT2D eigenvalue weighted by Gasteiger charge is -2.27. The minimum absolute atomic E-state index is 0.0138. The molecule has 0 aromatic heterocycles. The first-order valence-corrected chi connectivity index (χ1v) is 9.80. The van der Waals surface area contributed by atoms with Crippen molar-refractivity contribution in [1.29, 1.82) is 0 Å². The van der Waals surface area contributed by atoms with Crippen LogP contribution in [-0.4, -0.2) is 30.5 Å². The summed E-state index contributed by atoms with van der Waals surface area (Å²) in [4.78, 5) is 26.7. The van der Waals surface area contributed by atoms with Crippen molar-refractivity contribution in [1.82, 2.24) is 5.32 Å². The van der Waals surface area contributed by atoms with Crippen LogP contribution in [0.4, 0.5) is 5.69 Å². The Morgan fingerprint density at radius 2 is 1.81 bits per heavy atom. The third-order valence-corrected chi connectivity index (χ3v) is 5.38. The predicted molar refractivity (Wildman–Crippen MR) is 102 cm³/mol. The van der Waals surface area contributed by atoms with E-state index < -0.39 is 0 Å². The van der Waals surface area contributed by atoms with Crippen molar-refractivity contribution in [2.24, 2.45) is 11.8 Å². The van der Waals surface area contributed by atoms with E-state index >= 15 is 0 Å². The third kappa shape index (κ3) is 4.57. The average molecular weight is 358 g/mol. The van der Waals surface area contributed by atoms with Gasteiger partial charge in [0, 0.05) is 24.7 Å².